The van der Waals surface area contributed by atoms with Crippen molar-refractivity contribution in [1.82, 2.24) is 14.9 Å². The molecule has 12 heteroatoms. The number of anilines is 3. The lowest BCUT2D eigenvalue weighted by atomic mass is 10.2. The highest BCUT2D eigenvalue weighted by Gasteiger charge is 2.10. The summed E-state index contributed by atoms with van der Waals surface area (Å²) in [4.78, 5) is 30.4. The average molecular weight is 590 g/mol. The summed E-state index contributed by atoms with van der Waals surface area (Å²) >= 11 is 5.76. The van der Waals surface area contributed by atoms with Crippen LogP contribution in [0.4, 0.5) is 21.6 Å². The lowest BCUT2D eigenvalue weighted by Gasteiger charge is -2.11. The first-order valence-corrected chi connectivity index (χ1v) is 13.1. The number of phenols is 1. The summed E-state index contributed by atoms with van der Waals surface area (Å²) in [7, 11) is 4.11. The number of allylic oxidation sites excluding steroid dienone is 2. The van der Waals surface area contributed by atoms with Crippen LogP contribution in [0.2, 0.25) is 5.02 Å². The summed E-state index contributed by atoms with van der Waals surface area (Å²) in [6.45, 7) is 6.74. The number of aliphatic carboxylic acids is 1. The third-order valence-electron chi connectivity index (χ3n) is 4.99. The van der Waals surface area contributed by atoms with Crippen LogP contribution in [0.3, 0.4) is 0 Å². The molecular weight excluding hydrogens is 553 g/mol. The van der Waals surface area contributed by atoms with E-state index < -0.39 is 11.8 Å². The van der Waals surface area contributed by atoms with Crippen molar-refractivity contribution in [2.75, 3.05) is 44.5 Å². The number of likely N-dealkylation sites (N-methyl/N-ethyl adjacent to an activating group) is 1. The summed E-state index contributed by atoms with van der Waals surface area (Å²) in [5, 5.41) is 23.6. The van der Waals surface area contributed by atoms with E-state index in [0.29, 0.717) is 28.8 Å². The Morgan fingerprint density at radius 1 is 1.15 bits per heavy atom. The Morgan fingerprint density at radius 2 is 1.85 bits per heavy atom. The van der Waals surface area contributed by atoms with Gasteiger partial charge in [-0.15, -0.1) is 0 Å². The molecule has 0 unspecified atom stereocenters. The molecule has 4 N–H and O–H groups in total. The number of carbonyl (C=O) groups is 2. The van der Waals surface area contributed by atoms with Gasteiger partial charge in [0, 0.05) is 43.0 Å². The monoisotopic (exact) mass is 589 g/mol. The molecule has 0 bridgehead atoms. The van der Waals surface area contributed by atoms with Crippen LogP contribution in [-0.2, 0) is 14.3 Å². The molecule has 0 aliphatic carbocycles. The lowest BCUT2D eigenvalue weighted by Crippen LogP contribution is -2.10. The molecule has 4 rings (SSSR count). The Balaban J connectivity index is 0.000000379. The molecule has 222 valence electrons. The number of halogens is 2. The molecule has 2 aromatic carbocycles. The number of aromatic nitrogens is 2. The van der Waals surface area contributed by atoms with E-state index >= 15 is 0 Å². The molecule has 1 saturated heterocycles. The number of rotatable bonds is 7. The van der Waals surface area contributed by atoms with Gasteiger partial charge in [0.2, 0.25) is 6.41 Å². The summed E-state index contributed by atoms with van der Waals surface area (Å²) in [6.07, 6.45) is 11.1. The topological polar surface area (TPSA) is 137 Å². The zero-order valence-corrected chi connectivity index (χ0v) is 24.4. The number of nitrogens with zero attached hydrogens (tertiary/aromatic N) is 3. The van der Waals surface area contributed by atoms with Crippen molar-refractivity contribution >= 4 is 52.1 Å². The van der Waals surface area contributed by atoms with Gasteiger partial charge in [0.25, 0.3) is 0 Å². The molecule has 41 heavy (non-hydrogen) atoms. The van der Waals surface area contributed by atoms with Gasteiger partial charge >= 0.3 is 5.97 Å². The number of phenolic OH excluding ortho intramolecular Hbond substituents is 1. The first kappa shape index (κ1) is 35.0. The number of hydrogen-bond donors (Lipinski definition) is 4. The standard InChI is InChI=1S/C15H10ClFN4O2.C6H13N.C4H6O2.C4H8O/c16-10-3-8(1-2-11(10)17)21-15-9-4-13(20-7-22)14(23)5-12(9)18-6-19-15;1-4-5-6-7(2)3;1-2-3-4(5)6;1-2-4-5-3-1/h1-7,23H,(H,20,22)(H,18,19,21);4-5H,6H2,1-3H3;2-3H,1H3,(H,5,6);1-4H2/b;5-4+;3-2+;. The predicted octanol–water partition coefficient (Wildman–Crippen LogP) is 6.01. The lowest BCUT2D eigenvalue weighted by molar-refractivity contribution is -0.131. The molecule has 0 saturated carbocycles. The normalized spacial score (nSPS) is 12.2. The van der Waals surface area contributed by atoms with E-state index in [1.807, 2.05) is 6.92 Å². The van der Waals surface area contributed by atoms with Gasteiger partial charge in [-0.25, -0.2) is 19.2 Å². The minimum atomic E-state index is -0.891. The third kappa shape index (κ3) is 14.2. The van der Waals surface area contributed by atoms with E-state index in [9.17, 15) is 19.1 Å². The van der Waals surface area contributed by atoms with Crippen LogP contribution < -0.4 is 10.6 Å². The van der Waals surface area contributed by atoms with Crippen molar-refractivity contribution in [3.63, 3.8) is 0 Å². The van der Waals surface area contributed by atoms with Gasteiger partial charge in [0.1, 0.15) is 23.7 Å². The smallest absolute Gasteiger partial charge is 0.327 e. The SMILES string of the molecule is C/C=C/C(=O)O.C/C=C/CN(C)C.C1CCOC1.O=CNc1cc2c(Nc3ccc(F)c(Cl)c3)ncnc2cc1O. The van der Waals surface area contributed by atoms with Crippen LogP contribution in [0.25, 0.3) is 10.9 Å². The first-order chi connectivity index (χ1) is 19.6. The highest BCUT2D eigenvalue weighted by molar-refractivity contribution is 6.31. The van der Waals surface area contributed by atoms with Gasteiger partial charge in [-0.05, 0) is 65.0 Å². The Kier molecular flexibility index (Phi) is 17.0. The van der Waals surface area contributed by atoms with Crippen LogP contribution in [0, 0.1) is 5.82 Å². The maximum Gasteiger partial charge on any atom is 0.327 e. The number of fused-ring (bicyclic) bond motifs is 1. The Bertz CT molecular complexity index is 1290. The molecule has 3 aromatic rings. The van der Waals surface area contributed by atoms with Gasteiger partial charge in [-0.1, -0.05) is 29.8 Å². The number of carboxylic acids is 1. The fraction of sp³-hybridized carbons (Fsp3) is 0.310. The maximum atomic E-state index is 13.2. The number of carboxylic acid groups (broad SMARTS) is 1. The molecule has 1 aliphatic rings. The van der Waals surface area contributed by atoms with Crippen LogP contribution >= 0.6 is 11.6 Å². The second-order valence-corrected chi connectivity index (χ2v) is 9.02. The summed E-state index contributed by atoms with van der Waals surface area (Å²) < 4.78 is 18.2. The predicted molar refractivity (Wildman–Crippen MR) is 161 cm³/mol. The zero-order chi connectivity index (χ0) is 30.6. The van der Waals surface area contributed by atoms with E-state index in [-0.39, 0.29) is 16.5 Å². The number of benzene rings is 2. The first-order valence-electron chi connectivity index (χ1n) is 12.7. The molecule has 1 aromatic heterocycles. The minimum absolute atomic E-state index is 0.0192. The molecule has 0 spiro atoms. The fourth-order valence-electron chi connectivity index (χ4n) is 3.05. The van der Waals surface area contributed by atoms with E-state index in [1.165, 1.54) is 55.6 Å². The number of aromatic hydroxyl groups is 1. The molecule has 1 amide bonds. The fourth-order valence-corrected chi connectivity index (χ4v) is 3.23. The van der Waals surface area contributed by atoms with E-state index in [4.69, 9.17) is 21.4 Å². The van der Waals surface area contributed by atoms with Gasteiger partial charge in [-0.3, -0.25) is 4.79 Å². The molecule has 10 nitrogen and oxygen atoms in total. The van der Waals surface area contributed by atoms with Gasteiger partial charge < -0.3 is 30.5 Å². The number of nitrogens with one attached hydrogen (secondary N) is 2. The Hall–Kier alpha value is -4.06. The quantitative estimate of drug-likeness (QED) is 0.113. The molecule has 1 fully saturated rings. The van der Waals surface area contributed by atoms with Crippen molar-refractivity contribution in [2.45, 2.75) is 26.7 Å². The molecule has 0 radical (unpaired) electrons. The van der Waals surface area contributed by atoms with Crippen molar-refractivity contribution in [2.24, 2.45) is 0 Å². The van der Waals surface area contributed by atoms with Crippen LogP contribution in [0.1, 0.15) is 26.7 Å². The summed E-state index contributed by atoms with van der Waals surface area (Å²) in [5.74, 6) is -1.10. The van der Waals surface area contributed by atoms with Crippen LogP contribution in [0.5, 0.6) is 5.75 Å². The molecule has 2 heterocycles. The number of ether oxygens (including phenoxy) is 1. The van der Waals surface area contributed by atoms with Crippen molar-refractivity contribution in [3.05, 3.63) is 71.8 Å². The number of carbonyl (C=O) groups excluding carboxylic acids is 1. The van der Waals surface area contributed by atoms with Gasteiger partial charge in [0.05, 0.1) is 16.2 Å². The summed E-state index contributed by atoms with van der Waals surface area (Å²) in [6, 6.07) is 7.12. The highest BCUT2D eigenvalue weighted by atomic mass is 35.5. The van der Waals surface area contributed by atoms with E-state index in [2.05, 4.69) is 51.7 Å². The van der Waals surface area contributed by atoms with Crippen LogP contribution in [-0.4, -0.2) is 71.3 Å². The molecule has 1 aliphatic heterocycles. The van der Waals surface area contributed by atoms with E-state index in [0.717, 1.165) is 25.8 Å². The van der Waals surface area contributed by atoms with Gasteiger partial charge in [-0.2, -0.15) is 0 Å². The second kappa shape index (κ2) is 19.9. The average Bonchev–Trinajstić information content (AvgIpc) is 3.52. The molecule has 0 atom stereocenters. The minimum Gasteiger partial charge on any atom is -0.506 e. The van der Waals surface area contributed by atoms with Crippen molar-refractivity contribution in [1.29, 1.82) is 0 Å². The third-order valence-corrected chi connectivity index (χ3v) is 5.28. The number of hydrogen-bond acceptors (Lipinski definition) is 8. The number of amides is 1. The van der Waals surface area contributed by atoms with Gasteiger partial charge in [0.15, 0.2) is 0 Å². The summed E-state index contributed by atoms with van der Waals surface area (Å²) in [5.41, 5.74) is 1.24. The Labute approximate surface area is 244 Å². The molecular formula is C29H37ClFN5O5. The van der Waals surface area contributed by atoms with Crippen molar-refractivity contribution < 1.29 is 28.9 Å². The largest absolute Gasteiger partial charge is 0.506 e. The zero-order valence-electron chi connectivity index (χ0n) is 23.6. The van der Waals surface area contributed by atoms with Crippen LogP contribution in [0.15, 0.2) is 61.0 Å². The van der Waals surface area contributed by atoms with E-state index in [1.54, 1.807) is 6.92 Å². The Morgan fingerprint density at radius 3 is 2.32 bits per heavy atom. The second-order valence-electron chi connectivity index (χ2n) is 8.61. The highest BCUT2D eigenvalue weighted by Crippen LogP contribution is 2.32. The maximum absolute atomic E-state index is 13.2. The van der Waals surface area contributed by atoms with Crippen molar-refractivity contribution in [3.8, 4) is 5.75 Å².